The van der Waals surface area contributed by atoms with Crippen LogP contribution in [0.5, 0.6) is 0 Å². The van der Waals surface area contributed by atoms with E-state index in [-0.39, 0.29) is 6.04 Å². The van der Waals surface area contributed by atoms with Gasteiger partial charge in [-0.3, -0.25) is 0 Å². The minimum absolute atomic E-state index is 0.0630. The molecule has 0 amide bonds. The lowest BCUT2D eigenvalue weighted by molar-refractivity contribution is 0.00578. The van der Waals surface area contributed by atoms with E-state index in [0.29, 0.717) is 11.4 Å². The van der Waals surface area contributed by atoms with Gasteiger partial charge in [0.2, 0.25) is 10.0 Å². The SMILES string of the molecule is Cc1cc(S(=O)(=O)N2CCC[C@@H]2C)ccc1B1OC(C)(C)C(C)(C)O1. The summed E-state index contributed by atoms with van der Waals surface area (Å²) in [6, 6.07) is 5.30. The van der Waals surface area contributed by atoms with E-state index >= 15 is 0 Å². The molecule has 25 heavy (non-hydrogen) atoms. The Labute approximate surface area is 151 Å². The summed E-state index contributed by atoms with van der Waals surface area (Å²) in [4.78, 5) is 0.346. The van der Waals surface area contributed by atoms with Crippen molar-refractivity contribution in [2.24, 2.45) is 0 Å². The van der Waals surface area contributed by atoms with Crippen LogP contribution in [0.4, 0.5) is 0 Å². The predicted molar refractivity (Wildman–Crippen MR) is 99.5 cm³/mol. The second-order valence-electron chi connectivity index (χ2n) is 8.21. The highest BCUT2D eigenvalue weighted by Gasteiger charge is 2.52. The molecular weight excluding hydrogens is 337 g/mol. The number of sulfonamides is 1. The minimum atomic E-state index is -3.44. The van der Waals surface area contributed by atoms with Crippen LogP contribution < -0.4 is 5.46 Å². The molecule has 1 atom stereocenters. The third-order valence-electron chi connectivity index (χ3n) is 5.85. The number of benzene rings is 1. The molecule has 3 rings (SSSR count). The Morgan fingerprint density at radius 2 is 1.76 bits per heavy atom. The number of aryl methyl sites for hydroxylation is 1. The molecule has 0 saturated carbocycles. The summed E-state index contributed by atoms with van der Waals surface area (Å²) < 4.78 is 39.6. The Balaban J connectivity index is 1.90. The highest BCUT2D eigenvalue weighted by atomic mass is 32.2. The van der Waals surface area contributed by atoms with E-state index < -0.39 is 28.3 Å². The molecule has 138 valence electrons. The van der Waals surface area contributed by atoms with Gasteiger partial charge in [-0.25, -0.2) is 8.42 Å². The van der Waals surface area contributed by atoms with Gasteiger partial charge in [-0.1, -0.05) is 11.6 Å². The molecule has 1 aromatic carbocycles. The van der Waals surface area contributed by atoms with Crippen LogP contribution in [0, 0.1) is 6.92 Å². The van der Waals surface area contributed by atoms with Gasteiger partial charge < -0.3 is 9.31 Å². The molecule has 7 heteroatoms. The highest BCUT2D eigenvalue weighted by Crippen LogP contribution is 2.37. The first-order valence-electron chi connectivity index (χ1n) is 8.94. The van der Waals surface area contributed by atoms with Crippen molar-refractivity contribution in [3.63, 3.8) is 0 Å². The number of nitrogens with zero attached hydrogens (tertiary/aromatic N) is 1. The van der Waals surface area contributed by atoms with E-state index in [1.807, 2.05) is 47.6 Å². The largest absolute Gasteiger partial charge is 0.495 e. The Kier molecular flexibility index (Phi) is 4.60. The zero-order chi connectivity index (χ0) is 18.6. The molecule has 0 spiro atoms. The molecule has 5 nitrogen and oxygen atoms in total. The second-order valence-corrected chi connectivity index (χ2v) is 10.1. The van der Waals surface area contributed by atoms with Gasteiger partial charge in [0.05, 0.1) is 16.1 Å². The van der Waals surface area contributed by atoms with E-state index in [4.69, 9.17) is 9.31 Å². The first-order valence-corrected chi connectivity index (χ1v) is 10.4. The van der Waals surface area contributed by atoms with Gasteiger partial charge in [0.25, 0.3) is 0 Å². The molecule has 0 radical (unpaired) electrons. The maximum atomic E-state index is 12.9. The lowest BCUT2D eigenvalue weighted by Gasteiger charge is -2.32. The van der Waals surface area contributed by atoms with Crippen molar-refractivity contribution < 1.29 is 17.7 Å². The van der Waals surface area contributed by atoms with Crippen LogP contribution in [0.3, 0.4) is 0 Å². The third kappa shape index (κ3) is 3.16. The van der Waals surface area contributed by atoms with E-state index in [1.165, 1.54) is 0 Å². The van der Waals surface area contributed by atoms with Crippen LogP contribution in [-0.4, -0.2) is 43.6 Å². The van der Waals surface area contributed by atoms with Crippen molar-refractivity contribution in [3.8, 4) is 0 Å². The lowest BCUT2D eigenvalue weighted by atomic mass is 9.76. The molecule has 1 aromatic rings. The van der Waals surface area contributed by atoms with Gasteiger partial charge in [-0.2, -0.15) is 4.31 Å². The quantitative estimate of drug-likeness (QED) is 0.773. The summed E-state index contributed by atoms with van der Waals surface area (Å²) in [6.07, 6.45) is 1.84. The van der Waals surface area contributed by atoms with Crippen LogP contribution >= 0.6 is 0 Å². The molecule has 0 aliphatic carbocycles. The molecule has 2 fully saturated rings. The molecule has 2 heterocycles. The highest BCUT2D eigenvalue weighted by molar-refractivity contribution is 7.89. The standard InChI is InChI=1S/C18H28BNO4S/c1-13-12-15(25(21,22)20-11-7-8-14(20)2)9-10-16(13)19-23-17(3,4)18(5,6)24-19/h9-10,12,14H,7-8,11H2,1-6H3/t14-/m0/s1. The number of rotatable bonds is 3. The summed E-state index contributed by atoms with van der Waals surface area (Å²) in [5, 5.41) is 0. The van der Waals surface area contributed by atoms with Gasteiger partial charge in [-0.05, 0) is 72.0 Å². The maximum Gasteiger partial charge on any atom is 0.495 e. The Morgan fingerprint density at radius 1 is 1.16 bits per heavy atom. The summed E-state index contributed by atoms with van der Waals surface area (Å²) in [7, 11) is -3.92. The number of hydrogen-bond acceptors (Lipinski definition) is 4. The minimum Gasteiger partial charge on any atom is -0.399 e. The number of hydrogen-bond donors (Lipinski definition) is 0. The lowest BCUT2D eigenvalue weighted by Crippen LogP contribution is -2.41. The van der Waals surface area contributed by atoms with Crippen LogP contribution in [0.25, 0.3) is 0 Å². The molecular formula is C18H28BNO4S. The van der Waals surface area contributed by atoms with Crippen LogP contribution in [0.2, 0.25) is 0 Å². The van der Waals surface area contributed by atoms with Gasteiger partial charge in [0.1, 0.15) is 0 Å². The maximum absolute atomic E-state index is 12.9. The fourth-order valence-corrected chi connectivity index (χ4v) is 5.23. The van der Waals surface area contributed by atoms with Gasteiger partial charge in [-0.15, -0.1) is 0 Å². The Hall–Kier alpha value is -0.885. The van der Waals surface area contributed by atoms with Crippen molar-refractivity contribution in [2.45, 2.75) is 76.5 Å². The van der Waals surface area contributed by atoms with E-state index in [1.54, 1.807) is 16.4 Å². The summed E-state index contributed by atoms with van der Waals surface area (Å²) in [5.41, 5.74) is 0.915. The van der Waals surface area contributed by atoms with Crippen LogP contribution in [0.15, 0.2) is 23.1 Å². The van der Waals surface area contributed by atoms with Crippen LogP contribution in [-0.2, 0) is 19.3 Å². The van der Waals surface area contributed by atoms with Gasteiger partial charge in [0, 0.05) is 12.6 Å². The molecule has 2 aliphatic heterocycles. The second kappa shape index (κ2) is 6.08. The van der Waals surface area contributed by atoms with Gasteiger partial charge in [0.15, 0.2) is 0 Å². The zero-order valence-corrected chi connectivity index (χ0v) is 16.8. The molecule has 0 aromatic heterocycles. The van der Waals surface area contributed by atoms with E-state index in [9.17, 15) is 8.42 Å². The smallest absolute Gasteiger partial charge is 0.399 e. The van der Waals surface area contributed by atoms with E-state index in [0.717, 1.165) is 23.9 Å². The normalized spacial score (nSPS) is 26.3. The van der Waals surface area contributed by atoms with E-state index in [2.05, 4.69) is 0 Å². The van der Waals surface area contributed by atoms with Crippen molar-refractivity contribution >= 4 is 22.6 Å². The average Bonchev–Trinajstić information content (AvgIpc) is 3.00. The van der Waals surface area contributed by atoms with Crippen molar-refractivity contribution in [1.82, 2.24) is 4.31 Å². The summed E-state index contributed by atoms with van der Waals surface area (Å²) in [5.74, 6) is 0. The van der Waals surface area contributed by atoms with Crippen LogP contribution in [0.1, 0.15) is 53.0 Å². The van der Waals surface area contributed by atoms with Crippen molar-refractivity contribution in [2.75, 3.05) is 6.54 Å². The molecule has 0 bridgehead atoms. The molecule has 0 unspecified atom stereocenters. The third-order valence-corrected chi connectivity index (χ3v) is 7.86. The Morgan fingerprint density at radius 3 is 2.24 bits per heavy atom. The summed E-state index contributed by atoms with van der Waals surface area (Å²) in [6.45, 7) is 12.5. The van der Waals surface area contributed by atoms with Gasteiger partial charge >= 0.3 is 7.12 Å². The fourth-order valence-electron chi connectivity index (χ4n) is 3.44. The predicted octanol–water partition coefficient (Wildman–Crippen LogP) is 2.47. The first kappa shape index (κ1) is 18.9. The zero-order valence-electron chi connectivity index (χ0n) is 16.0. The molecule has 2 saturated heterocycles. The Bertz CT molecular complexity index is 759. The average molecular weight is 365 g/mol. The molecule has 2 aliphatic rings. The fraction of sp³-hybridized carbons (Fsp3) is 0.667. The topological polar surface area (TPSA) is 55.8 Å². The van der Waals surface area contributed by atoms with Crippen molar-refractivity contribution in [1.29, 1.82) is 0 Å². The van der Waals surface area contributed by atoms with Crippen molar-refractivity contribution in [3.05, 3.63) is 23.8 Å². The monoisotopic (exact) mass is 365 g/mol. The first-order chi connectivity index (χ1) is 11.5. The summed E-state index contributed by atoms with van der Waals surface area (Å²) >= 11 is 0. The molecule has 0 N–H and O–H groups in total.